The average molecular weight is 365 g/mol. The van der Waals surface area contributed by atoms with Crippen molar-refractivity contribution in [3.05, 3.63) is 54.1 Å². The molecule has 0 spiro atoms. The zero-order valence-corrected chi connectivity index (χ0v) is 15.7. The molecule has 1 N–H and O–H groups in total. The van der Waals surface area contributed by atoms with Crippen LogP contribution in [0.1, 0.15) is 29.6 Å². The maximum Gasteiger partial charge on any atom is 0.343 e. The van der Waals surface area contributed by atoms with Crippen molar-refractivity contribution in [1.82, 2.24) is 5.32 Å². The summed E-state index contributed by atoms with van der Waals surface area (Å²) in [5, 5.41) is 3.39. The fourth-order valence-corrected chi connectivity index (χ4v) is 3.83. The number of nitrogens with zero attached hydrogens (tertiary/aromatic N) is 2. The molecule has 0 atom stereocenters. The van der Waals surface area contributed by atoms with Gasteiger partial charge in [0.05, 0.1) is 11.3 Å². The Morgan fingerprint density at radius 2 is 1.59 bits per heavy atom. The average Bonchev–Trinajstić information content (AvgIpc) is 2.76. The Bertz CT molecular complexity index is 766. The highest BCUT2D eigenvalue weighted by atomic mass is 16.5. The molecular weight excluding hydrogens is 338 g/mol. The smallest absolute Gasteiger partial charge is 0.343 e. The third-order valence-electron chi connectivity index (χ3n) is 5.33. The number of nitrogens with one attached hydrogen (secondary N) is 1. The number of anilines is 2. The minimum atomic E-state index is -0.308. The molecule has 2 aromatic rings. The van der Waals surface area contributed by atoms with Crippen molar-refractivity contribution in [3.63, 3.8) is 0 Å². The normalized spacial score (nSPS) is 17.6. The van der Waals surface area contributed by atoms with Gasteiger partial charge in [-0.3, -0.25) is 0 Å². The molecule has 2 fully saturated rings. The number of ether oxygens (including phenoxy) is 1. The van der Waals surface area contributed by atoms with Gasteiger partial charge in [0.2, 0.25) is 0 Å². The highest BCUT2D eigenvalue weighted by Crippen LogP contribution is 2.34. The molecule has 0 saturated carbocycles. The van der Waals surface area contributed by atoms with Crippen molar-refractivity contribution in [2.45, 2.75) is 19.3 Å². The standard InChI is InChI=1S/C22H27N3O2/c26-22(18-7-3-1-4-8-18)27-21-10-9-19(24-13-5-2-6-14-24)17-20(21)25-15-11-23-12-16-25/h1,3-4,7-10,17,23H,2,5-6,11-16H2. The lowest BCUT2D eigenvalue weighted by Crippen LogP contribution is -2.43. The fraction of sp³-hybridized carbons (Fsp3) is 0.409. The van der Waals surface area contributed by atoms with E-state index in [0.29, 0.717) is 11.3 Å². The maximum absolute atomic E-state index is 12.6. The molecule has 0 aromatic heterocycles. The predicted octanol–water partition coefficient (Wildman–Crippen LogP) is 3.31. The Morgan fingerprint density at radius 1 is 0.852 bits per heavy atom. The lowest BCUT2D eigenvalue weighted by molar-refractivity contribution is 0.0735. The molecule has 2 heterocycles. The van der Waals surface area contributed by atoms with Gasteiger partial charge in [-0.2, -0.15) is 0 Å². The summed E-state index contributed by atoms with van der Waals surface area (Å²) in [6, 6.07) is 15.4. The van der Waals surface area contributed by atoms with Gasteiger partial charge in [-0.15, -0.1) is 0 Å². The minimum absolute atomic E-state index is 0.308. The molecule has 2 aromatic carbocycles. The van der Waals surface area contributed by atoms with Crippen molar-refractivity contribution in [1.29, 1.82) is 0 Å². The van der Waals surface area contributed by atoms with Gasteiger partial charge in [-0.25, -0.2) is 4.79 Å². The number of hydrogen-bond donors (Lipinski definition) is 1. The van der Waals surface area contributed by atoms with Crippen molar-refractivity contribution in [2.75, 3.05) is 49.1 Å². The minimum Gasteiger partial charge on any atom is -0.421 e. The SMILES string of the molecule is O=C(Oc1ccc(N2CCCCC2)cc1N1CCNCC1)c1ccccc1. The summed E-state index contributed by atoms with van der Waals surface area (Å²) in [6.45, 7) is 5.92. The first-order valence-corrected chi connectivity index (χ1v) is 9.93. The van der Waals surface area contributed by atoms with E-state index in [1.807, 2.05) is 24.3 Å². The first kappa shape index (κ1) is 17.9. The van der Waals surface area contributed by atoms with Gasteiger partial charge in [0.1, 0.15) is 0 Å². The van der Waals surface area contributed by atoms with Crippen LogP contribution in [0.2, 0.25) is 0 Å². The van der Waals surface area contributed by atoms with Gasteiger partial charge in [-0.05, 0) is 49.6 Å². The van der Waals surface area contributed by atoms with Crippen LogP contribution < -0.4 is 19.9 Å². The van der Waals surface area contributed by atoms with Crippen LogP contribution in [0.4, 0.5) is 11.4 Å². The fourth-order valence-electron chi connectivity index (χ4n) is 3.83. The zero-order valence-electron chi connectivity index (χ0n) is 15.7. The Morgan fingerprint density at radius 3 is 2.33 bits per heavy atom. The van der Waals surface area contributed by atoms with E-state index in [0.717, 1.165) is 45.0 Å². The zero-order chi connectivity index (χ0) is 18.5. The topological polar surface area (TPSA) is 44.8 Å². The predicted molar refractivity (Wildman–Crippen MR) is 109 cm³/mol. The van der Waals surface area contributed by atoms with Gasteiger partial charge >= 0.3 is 5.97 Å². The van der Waals surface area contributed by atoms with Gasteiger partial charge in [0.25, 0.3) is 0 Å². The van der Waals surface area contributed by atoms with Crippen molar-refractivity contribution in [2.24, 2.45) is 0 Å². The van der Waals surface area contributed by atoms with E-state index in [-0.39, 0.29) is 5.97 Å². The lowest BCUT2D eigenvalue weighted by atomic mass is 10.1. The number of carbonyl (C=O) groups is 1. The van der Waals surface area contributed by atoms with Crippen LogP contribution in [0.5, 0.6) is 5.75 Å². The summed E-state index contributed by atoms with van der Waals surface area (Å²) in [7, 11) is 0. The quantitative estimate of drug-likeness (QED) is 0.665. The molecule has 4 rings (SSSR count). The largest absolute Gasteiger partial charge is 0.421 e. The number of benzene rings is 2. The molecule has 142 valence electrons. The summed E-state index contributed by atoms with van der Waals surface area (Å²) in [5.74, 6) is 0.337. The first-order chi connectivity index (χ1) is 13.3. The molecule has 0 bridgehead atoms. The molecule has 0 aliphatic carbocycles. The second-order valence-electron chi connectivity index (χ2n) is 7.19. The molecule has 2 aliphatic heterocycles. The Kier molecular flexibility index (Phi) is 5.58. The van der Waals surface area contributed by atoms with Crippen LogP contribution in [-0.4, -0.2) is 45.2 Å². The number of esters is 1. The molecular formula is C22H27N3O2. The highest BCUT2D eigenvalue weighted by Gasteiger charge is 2.20. The van der Waals surface area contributed by atoms with Crippen LogP contribution in [-0.2, 0) is 0 Å². The van der Waals surface area contributed by atoms with Crippen molar-refractivity contribution in [3.8, 4) is 5.75 Å². The third-order valence-corrected chi connectivity index (χ3v) is 5.33. The van der Waals surface area contributed by atoms with Gasteiger partial charge in [0, 0.05) is 45.0 Å². The molecule has 5 nitrogen and oxygen atoms in total. The molecule has 27 heavy (non-hydrogen) atoms. The molecule has 5 heteroatoms. The second kappa shape index (κ2) is 8.44. The molecule has 2 saturated heterocycles. The van der Waals surface area contributed by atoms with Crippen molar-refractivity contribution >= 4 is 17.3 Å². The first-order valence-electron chi connectivity index (χ1n) is 9.93. The van der Waals surface area contributed by atoms with E-state index in [1.165, 1.54) is 24.9 Å². The molecule has 2 aliphatic rings. The Balaban J connectivity index is 1.61. The molecule has 0 amide bonds. The number of piperazine rings is 1. The van der Waals surface area contributed by atoms with Crippen LogP contribution in [0.3, 0.4) is 0 Å². The summed E-state index contributed by atoms with van der Waals surface area (Å²) in [5.41, 5.74) is 2.82. The van der Waals surface area contributed by atoms with Crippen LogP contribution >= 0.6 is 0 Å². The third kappa shape index (κ3) is 4.25. The van der Waals surface area contributed by atoms with Gasteiger partial charge in [-0.1, -0.05) is 18.2 Å². The maximum atomic E-state index is 12.6. The van der Waals surface area contributed by atoms with Crippen molar-refractivity contribution < 1.29 is 9.53 Å². The molecule has 0 radical (unpaired) electrons. The van der Waals surface area contributed by atoms with Crippen LogP contribution in [0.25, 0.3) is 0 Å². The number of piperidine rings is 1. The summed E-state index contributed by atoms with van der Waals surface area (Å²) >= 11 is 0. The summed E-state index contributed by atoms with van der Waals surface area (Å²) in [6.07, 6.45) is 3.80. The van der Waals surface area contributed by atoms with E-state index in [9.17, 15) is 4.79 Å². The lowest BCUT2D eigenvalue weighted by Gasteiger charge is -2.33. The van der Waals surface area contributed by atoms with Gasteiger partial charge in [0.15, 0.2) is 5.75 Å². The summed E-state index contributed by atoms with van der Waals surface area (Å²) in [4.78, 5) is 17.3. The van der Waals surface area contributed by atoms with Gasteiger partial charge < -0.3 is 19.9 Å². The van der Waals surface area contributed by atoms with E-state index in [1.54, 1.807) is 12.1 Å². The van der Waals surface area contributed by atoms with E-state index < -0.39 is 0 Å². The number of rotatable bonds is 4. The number of hydrogen-bond acceptors (Lipinski definition) is 5. The van der Waals surface area contributed by atoms with E-state index >= 15 is 0 Å². The van der Waals surface area contributed by atoms with E-state index in [4.69, 9.17) is 4.74 Å². The summed E-state index contributed by atoms with van der Waals surface area (Å²) < 4.78 is 5.81. The van der Waals surface area contributed by atoms with Crippen LogP contribution in [0.15, 0.2) is 48.5 Å². The van der Waals surface area contributed by atoms with E-state index in [2.05, 4.69) is 27.2 Å². The molecule has 0 unspecified atom stereocenters. The monoisotopic (exact) mass is 365 g/mol. The Hall–Kier alpha value is -2.53. The number of carbonyl (C=O) groups excluding carboxylic acids is 1. The van der Waals surface area contributed by atoms with Crippen LogP contribution in [0, 0.1) is 0 Å². The second-order valence-corrected chi connectivity index (χ2v) is 7.19. The highest BCUT2D eigenvalue weighted by molar-refractivity contribution is 5.92. The Labute approximate surface area is 160 Å².